The number of benzene rings is 1. The van der Waals surface area contributed by atoms with Crippen LogP contribution in [0.1, 0.15) is 31.9 Å². The number of rotatable bonds is 5. The smallest absolute Gasteiger partial charge is 0.319 e. The van der Waals surface area contributed by atoms with Gasteiger partial charge in [-0.1, -0.05) is 26.0 Å². The molecule has 1 aromatic rings. The SMILES string of the molecule is CCc1ccc(CC)c(NC(=O)NC(C)CO)c1. The molecular weight excluding hydrogens is 228 g/mol. The lowest BCUT2D eigenvalue weighted by atomic mass is 10.1. The molecule has 0 bridgehead atoms. The fourth-order valence-electron chi connectivity index (χ4n) is 1.70. The van der Waals surface area contributed by atoms with E-state index < -0.39 is 0 Å². The highest BCUT2D eigenvalue weighted by atomic mass is 16.3. The zero-order valence-corrected chi connectivity index (χ0v) is 11.3. The third kappa shape index (κ3) is 4.04. The molecule has 3 N–H and O–H groups in total. The van der Waals surface area contributed by atoms with Crippen molar-refractivity contribution in [2.75, 3.05) is 11.9 Å². The van der Waals surface area contributed by atoms with Crippen LogP contribution >= 0.6 is 0 Å². The Labute approximate surface area is 108 Å². The number of urea groups is 1. The van der Waals surface area contributed by atoms with Crippen molar-refractivity contribution in [2.45, 2.75) is 39.7 Å². The van der Waals surface area contributed by atoms with Gasteiger partial charge in [-0.3, -0.25) is 0 Å². The van der Waals surface area contributed by atoms with Crippen LogP contribution < -0.4 is 10.6 Å². The second kappa shape index (κ2) is 7.01. The van der Waals surface area contributed by atoms with Crippen LogP contribution in [-0.2, 0) is 12.8 Å². The molecule has 0 saturated carbocycles. The molecule has 0 aliphatic heterocycles. The van der Waals surface area contributed by atoms with Gasteiger partial charge in [-0.25, -0.2) is 4.79 Å². The standard InChI is InChI=1S/C14H22N2O2/c1-4-11-6-7-12(5-2)13(8-11)16-14(18)15-10(3)9-17/h6-8,10,17H,4-5,9H2,1-3H3,(H2,15,16,18). The van der Waals surface area contributed by atoms with Crippen molar-refractivity contribution in [1.29, 1.82) is 0 Å². The molecule has 2 amide bonds. The summed E-state index contributed by atoms with van der Waals surface area (Å²) in [6, 6.07) is 5.61. The molecular formula is C14H22N2O2. The third-order valence-electron chi connectivity index (χ3n) is 2.86. The topological polar surface area (TPSA) is 61.4 Å². The highest BCUT2D eigenvalue weighted by Crippen LogP contribution is 2.18. The van der Waals surface area contributed by atoms with Crippen molar-refractivity contribution in [2.24, 2.45) is 0 Å². The van der Waals surface area contributed by atoms with E-state index in [-0.39, 0.29) is 18.7 Å². The van der Waals surface area contributed by atoms with Crippen LogP contribution in [0.15, 0.2) is 18.2 Å². The number of aryl methyl sites for hydroxylation is 2. The number of amides is 2. The number of aliphatic hydroxyl groups is 1. The molecule has 4 nitrogen and oxygen atoms in total. The van der Waals surface area contributed by atoms with Crippen molar-refractivity contribution in [3.8, 4) is 0 Å². The van der Waals surface area contributed by atoms with Gasteiger partial charge in [0.1, 0.15) is 0 Å². The van der Waals surface area contributed by atoms with E-state index in [4.69, 9.17) is 5.11 Å². The molecule has 0 spiro atoms. The first-order chi connectivity index (χ1) is 8.60. The number of nitrogens with one attached hydrogen (secondary N) is 2. The van der Waals surface area contributed by atoms with Crippen LogP contribution in [0.4, 0.5) is 10.5 Å². The van der Waals surface area contributed by atoms with E-state index in [1.165, 1.54) is 5.56 Å². The number of aliphatic hydroxyl groups excluding tert-OH is 1. The average molecular weight is 250 g/mol. The minimum absolute atomic E-state index is 0.0664. The van der Waals surface area contributed by atoms with Gasteiger partial charge in [0.05, 0.1) is 12.6 Å². The number of hydrogen-bond acceptors (Lipinski definition) is 2. The first-order valence-electron chi connectivity index (χ1n) is 6.40. The molecule has 0 saturated heterocycles. The van der Waals surface area contributed by atoms with Crippen molar-refractivity contribution in [3.63, 3.8) is 0 Å². The van der Waals surface area contributed by atoms with E-state index in [0.717, 1.165) is 24.1 Å². The van der Waals surface area contributed by atoms with Crippen molar-refractivity contribution < 1.29 is 9.90 Å². The Kier molecular flexibility index (Phi) is 5.65. The van der Waals surface area contributed by atoms with E-state index >= 15 is 0 Å². The minimum Gasteiger partial charge on any atom is -0.394 e. The highest BCUT2D eigenvalue weighted by Gasteiger charge is 2.09. The average Bonchev–Trinajstić information content (AvgIpc) is 2.38. The lowest BCUT2D eigenvalue weighted by Crippen LogP contribution is -2.38. The number of carbonyl (C=O) groups is 1. The third-order valence-corrected chi connectivity index (χ3v) is 2.86. The minimum atomic E-state index is -0.278. The molecule has 0 heterocycles. The zero-order valence-electron chi connectivity index (χ0n) is 11.3. The van der Waals surface area contributed by atoms with E-state index in [2.05, 4.69) is 30.5 Å². The lowest BCUT2D eigenvalue weighted by molar-refractivity contribution is 0.229. The van der Waals surface area contributed by atoms with Gasteiger partial charge in [0.25, 0.3) is 0 Å². The molecule has 1 atom stereocenters. The van der Waals surface area contributed by atoms with Gasteiger partial charge in [-0.05, 0) is 37.0 Å². The predicted octanol–water partition coefficient (Wildman–Crippen LogP) is 2.31. The van der Waals surface area contributed by atoms with Crippen LogP contribution in [0, 0.1) is 0 Å². The van der Waals surface area contributed by atoms with Gasteiger partial charge in [0.2, 0.25) is 0 Å². The van der Waals surface area contributed by atoms with E-state index in [1.54, 1.807) is 6.92 Å². The summed E-state index contributed by atoms with van der Waals surface area (Å²) < 4.78 is 0. The fourth-order valence-corrected chi connectivity index (χ4v) is 1.70. The highest BCUT2D eigenvalue weighted by molar-refractivity contribution is 5.90. The van der Waals surface area contributed by atoms with E-state index in [1.807, 2.05) is 12.1 Å². The maximum atomic E-state index is 11.7. The Morgan fingerprint density at radius 1 is 1.33 bits per heavy atom. The molecule has 0 fully saturated rings. The molecule has 1 rings (SSSR count). The molecule has 0 aliphatic rings. The predicted molar refractivity (Wildman–Crippen MR) is 73.9 cm³/mol. The lowest BCUT2D eigenvalue weighted by Gasteiger charge is -2.15. The van der Waals surface area contributed by atoms with Gasteiger partial charge in [0.15, 0.2) is 0 Å². The summed E-state index contributed by atoms with van der Waals surface area (Å²) >= 11 is 0. The quantitative estimate of drug-likeness (QED) is 0.751. The maximum Gasteiger partial charge on any atom is 0.319 e. The van der Waals surface area contributed by atoms with Crippen molar-refractivity contribution in [3.05, 3.63) is 29.3 Å². The molecule has 0 aliphatic carbocycles. The summed E-state index contributed by atoms with van der Waals surface area (Å²) in [7, 11) is 0. The largest absolute Gasteiger partial charge is 0.394 e. The Morgan fingerprint density at radius 2 is 2.06 bits per heavy atom. The second-order valence-electron chi connectivity index (χ2n) is 4.38. The van der Waals surface area contributed by atoms with E-state index in [9.17, 15) is 4.79 Å². The number of carbonyl (C=O) groups excluding carboxylic acids is 1. The van der Waals surface area contributed by atoms with Crippen LogP contribution in [-0.4, -0.2) is 23.8 Å². The van der Waals surface area contributed by atoms with E-state index in [0.29, 0.717) is 0 Å². The summed E-state index contributed by atoms with van der Waals surface area (Å²) in [6.45, 7) is 5.82. The van der Waals surface area contributed by atoms with Gasteiger partial charge in [-0.2, -0.15) is 0 Å². The van der Waals surface area contributed by atoms with Gasteiger partial charge in [0, 0.05) is 5.69 Å². The number of hydrogen-bond donors (Lipinski definition) is 3. The van der Waals surface area contributed by atoms with Crippen LogP contribution in [0.25, 0.3) is 0 Å². The van der Waals surface area contributed by atoms with Crippen LogP contribution in [0.3, 0.4) is 0 Å². The summed E-state index contributed by atoms with van der Waals surface area (Å²) in [5, 5.41) is 14.4. The summed E-state index contributed by atoms with van der Waals surface area (Å²) in [6.07, 6.45) is 1.81. The monoisotopic (exact) mass is 250 g/mol. The molecule has 0 radical (unpaired) electrons. The molecule has 0 aromatic heterocycles. The molecule has 1 unspecified atom stereocenters. The molecule has 1 aromatic carbocycles. The van der Waals surface area contributed by atoms with Crippen molar-refractivity contribution >= 4 is 11.7 Å². The van der Waals surface area contributed by atoms with Crippen molar-refractivity contribution in [1.82, 2.24) is 5.32 Å². The Balaban J connectivity index is 2.78. The van der Waals surface area contributed by atoms with Gasteiger partial charge < -0.3 is 15.7 Å². The Morgan fingerprint density at radius 3 is 2.61 bits per heavy atom. The first kappa shape index (κ1) is 14.5. The summed E-state index contributed by atoms with van der Waals surface area (Å²) in [4.78, 5) is 11.7. The normalized spacial score (nSPS) is 12.0. The van der Waals surface area contributed by atoms with Crippen LogP contribution in [0.5, 0.6) is 0 Å². The molecule has 18 heavy (non-hydrogen) atoms. The Bertz CT molecular complexity index is 405. The number of anilines is 1. The second-order valence-corrected chi connectivity index (χ2v) is 4.38. The summed E-state index contributed by atoms with van der Waals surface area (Å²) in [5.74, 6) is 0. The molecule has 100 valence electrons. The van der Waals surface area contributed by atoms with Gasteiger partial charge in [-0.15, -0.1) is 0 Å². The zero-order chi connectivity index (χ0) is 13.5. The van der Waals surface area contributed by atoms with Crippen LogP contribution in [0.2, 0.25) is 0 Å². The van der Waals surface area contributed by atoms with Gasteiger partial charge >= 0.3 is 6.03 Å². The summed E-state index contributed by atoms with van der Waals surface area (Å²) in [5.41, 5.74) is 3.15. The fraction of sp³-hybridized carbons (Fsp3) is 0.500. The molecule has 4 heteroatoms. The maximum absolute atomic E-state index is 11.7. The Hall–Kier alpha value is -1.55. The first-order valence-corrected chi connectivity index (χ1v) is 6.40.